The zero-order valence-electron chi connectivity index (χ0n) is 16.9. The van der Waals surface area contributed by atoms with Crippen molar-refractivity contribution in [3.8, 4) is 6.07 Å². The van der Waals surface area contributed by atoms with Gasteiger partial charge in [-0.15, -0.1) is 0 Å². The lowest BCUT2D eigenvalue weighted by Crippen LogP contribution is -2.30. The topological polar surface area (TPSA) is 97.0 Å². The van der Waals surface area contributed by atoms with E-state index < -0.39 is 17.8 Å². The van der Waals surface area contributed by atoms with Gasteiger partial charge in [-0.3, -0.25) is 14.3 Å². The first-order valence-corrected chi connectivity index (χ1v) is 9.37. The average molecular weight is 400 g/mol. The van der Waals surface area contributed by atoms with Crippen LogP contribution in [0.15, 0.2) is 24.3 Å². The average Bonchev–Trinajstić information content (AvgIpc) is 2.97. The molecule has 0 bridgehead atoms. The van der Waals surface area contributed by atoms with Gasteiger partial charge in [-0.1, -0.05) is 12.1 Å². The molecule has 0 aliphatic rings. The van der Waals surface area contributed by atoms with Crippen molar-refractivity contribution in [2.24, 2.45) is 0 Å². The van der Waals surface area contributed by atoms with Crippen LogP contribution in [0.5, 0.6) is 0 Å². The lowest BCUT2D eigenvalue weighted by atomic mass is 10.0. The van der Waals surface area contributed by atoms with E-state index in [1.165, 1.54) is 31.4 Å². The van der Waals surface area contributed by atoms with Crippen LogP contribution < -0.4 is 5.32 Å². The van der Waals surface area contributed by atoms with Crippen molar-refractivity contribution < 1.29 is 18.7 Å². The number of esters is 1. The fourth-order valence-electron chi connectivity index (χ4n) is 3.17. The smallest absolute Gasteiger partial charge is 0.307 e. The Kier molecular flexibility index (Phi) is 7.89. The number of ether oxygens (including phenoxy) is 1. The number of amides is 1. The highest BCUT2D eigenvalue weighted by Crippen LogP contribution is 2.20. The van der Waals surface area contributed by atoms with E-state index in [0.717, 1.165) is 17.0 Å². The Morgan fingerprint density at radius 2 is 2.00 bits per heavy atom. The Morgan fingerprint density at radius 3 is 2.62 bits per heavy atom. The van der Waals surface area contributed by atoms with Crippen LogP contribution >= 0.6 is 0 Å². The van der Waals surface area contributed by atoms with Crippen molar-refractivity contribution in [1.82, 2.24) is 15.1 Å². The number of carbonyl (C=O) groups excluding carboxylic acids is 2. The summed E-state index contributed by atoms with van der Waals surface area (Å²) < 4.78 is 19.7. The molecule has 8 heteroatoms. The number of hydrogen-bond donors (Lipinski definition) is 1. The largest absolute Gasteiger partial charge is 0.469 e. The van der Waals surface area contributed by atoms with Gasteiger partial charge in [0.2, 0.25) is 5.91 Å². The Bertz CT molecular complexity index is 900. The van der Waals surface area contributed by atoms with Gasteiger partial charge in [0.05, 0.1) is 44.3 Å². The quantitative estimate of drug-likeness (QED) is 0.653. The van der Waals surface area contributed by atoms with E-state index in [-0.39, 0.29) is 18.7 Å². The second-order valence-corrected chi connectivity index (χ2v) is 6.73. The van der Waals surface area contributed by atoms with Gasteiger partial charge in [0, 0.05) is 12.1 Å². The van der Waals surface area contributed by atoms with Crippen LogP contribution in [0.2, 0.25) is 0 Å². The van der Waals surface area contributed by atoms with Gasteiger partial charge in [-0.2, -0.15) is 10.4 Å². The Morgan fingerprint density at radius 1 is 1.31 bits per heavy atom. The zero-order valence-corrected chi connectivity index (χ0v) is 16.9. The SMILES string of the molecule is COC(=O)CC(NC(=O)CCc1c(C)nn(CCC#N)c1C)c1ccc(F)cc1. The molecule has 1 unspecified atom stereocenters. The second-order valence-electron chi connectivity index (χ2n) is 6.73. The van der Waals surface area contributed by atoms with Gasteiger partial charge in [-0.05, 0) is 43.5 Å². The molecule has 1 aromatic heterocycles. The van der Waals surface area contributed by atoms with Gasteiger partial charge in [0.1, 0.15) is 5.82 Å². The van der Waals surface area contributed by atoms with Gasteiger partial charge in [0.15, 0.2) is 0 Å². The molecule has 0 spiro atoms. The summed E-state index contributed by atoms with van der Waals surface area (Å²) in [5.41, 5.74) is 3.37. The van der Waals surface area contributed by atoms with Crippen LogP contribution in [-0.4, -0.2) is 28.8 Å². The van der Waals surface area contributed by atoms with Crippen molar-refractivity contribution in [3.63, 3.8) is 0 Å². The first-order valence-electron chi connectivity index (χ1n) is 9.37. The first-order chi connectivity index (χ1) is 13.8. The van der Waals surface area contributed by atoms with E-state index in [1.54, 1.807) is 4.68 Å². The Balaban J connectivity index is 2.05. The lowest BCUT2D eigenvalue weighted by Gasteiger charge is -2.18. The van der Waals surface area contributed by atoms with Crippen molar-refractivity contribution in [2.75, 3.05) is 7.11 Å². The number of aromatic nitrogens is 2. The fourth-order valence-corrected chi connectivity index (χ4v) is 3.17. The first kappa shape index (κ1) is 22.1. The molecule has 2 rings (SSSR count). The molecule has 1 heterocycles. The van der Waals surface area contributed by atoms with Crippen LogP contribution in [0.25, 0.3) is 0 Å². The number of nitrogens with zero attached hydrogens (tertiary/aromatic N) is 3. The molecule has 154 valence electrons. The molecule has 0 radical (unpaired) electrons. The minimum atomic E-state index is -0.601. The number of carbonyl (C=O) groups is 2. The number of benzene rings is 1. The normalized spacial score (nSPS) is 11.6. The van der Waals surface area contributed by atoms with E-state index in [4.69, 9.17) is 10.00 Å². The van der Waals surface area contributed by atoms with Gasteiger partial charge in [0.25, 0.3) is 0 Å². The summed E-state index contributed by atoms with van der Waals surface area (Å²) in [6.45, 7) is 4.31. The van der Waals surface area contributed by atoms with E-state index in [1.807, 2.05) is 13.8 Å². The molecular weight excluding hydrogens is 375 g/mol. The predicted octanol–water partition coefficient (Wildman–Crippen LogP) is 2.91. The number of nitriles is 1. The number of methoxy groups -OCH3 is 1. The number of nitrogens with one attached hydrogen (secondary N) is 1. The number of hydrogen-bond acceptors (Lipinski definition) is 5. The monoisotopic (exact) mass is 400 g/mol. The molecule has 0 saturated heterocycles. The summed E-state index contributed by atoms with van der Waals surface area (Å²) in [5, 5.41) is 16.0. The minimum absolute atomic E-state index is 0.0436. The van der Waals surface area contributed by atoms with Crippen LogP contribution in [0.3, 0.4) is 0 Å². The summed E-state index contributed by atoms with van der Waals surface area (Å²) in [6, 6.07) is 7.14. The highest BCUT2D eigenvalue weighted by atomic mass is 19.1. The van der Waals surface area contributed by atoms with Gasteiger partial charge >= 0.3 is 5.97 Å². The maximum Gasteiger partial charge on any atom is 0.307 e. The molecule has 0 saturated carbocycles. The number of aryl methyl sites for hydroxylation is 2. The standard InChI is InChI=1S/C21H25FN4O3/c1-14-18(15(2)26(25-14)12-4-11-23)9-10-20(27)24-19(13-21(28)29-3)16-5-7-17(22)8-6-16/h5-8,19H,4,9-10,12-13H2,1-3H3,(H,24,27). The highest BCUT2D eigenvalue weighted by Gasteiger charge is 2.20. The molecule has 1 N–H and O–H groups in total. The van der Waals surface area contributed by atoms with Crippen LogP contribution in [0, 0.1) is 31.0 Å². The summed E-state index contributed by atoms with van der Waals surface area (Å²) in [6.07, 6.45) is 1.03. The number of halogens is 1. The Labute approximate surface area is 169 Å². The van der Waals surface area contributed by atoms with E-state index in [0.29, 0.717) is 24.9 Å². The van der Waals surface area contributed by atoms with Crippen molar-refractivity contribution in [2.45, 2.75) is 52.1 Å². The molecule has 29 heavy (non-hydrogen) atoms. The van der Waals surface area contributed by atoms with Crippen molar-refractivity contribution >= 4 is 11.9 Å². The summed E-state index contributed by atoms with van der Waals surface area (Å²) in [7, 11) is 1.28. The van der Waals surface area contributed by atoms with E-state index in [2.05, 4.69) is 16.5 Å². The number of rotatable bonds is 9. The third-order valence-electron chi connectivity index (χ3n) is 4.77. The van der Waals surface area contributed by atoms with Gasteiger partial charge < -0.3 is 10.1 Å². The van der Waals surface area contributed by atoms with E-state index >= 15 is 0 Å². The molecule has 7 nitrogen and oxygen atoms in total. The fraction of sp³-hybridized carbons (Fsp3) is 0.429. The van der Waals surface area contributed by atoms with Gasteiger partial charge in [-0.25, -0.2) is 4.39 Å². The zero-order chi connectivity index (χ0) is 21.4. The minimum Gasteiger partial charge on any atom is -0.469 e. The summed E-state index contributed by atoms with van der Waals surface area (Å²) in [4.78, 5) is 24.3. The highest BCUT2D eigenvalue weighted by molar-refractivity contribution is 5.78. The third kappa shape index (κ3) is 6.14. The molecule has 0 fully saturated rings. The summed E-state index contributed by atoms with van der Waals surface area (Å²) >= 11 is 0. The predicted molar refractivity (Wildman–Crippen MR) is 104 cm³/mol. The molecule has 0 aliphatic carbocycles. The maximum absolute atomic E-state index is 13.2. The second kappa shape index (κ2) is 10.4. The molecule has 0 aliphatic heterocycles. The molecule has 1 aromatic carbocycles. The van der Waals surface area contributed by atoms with E-state index in [9.17, 15) is 14.0 Å². The van der Waals surface area contributed by atoms with Crippen LogP contribution in [-0.2, 0) is 27.3 Å². The molecule has 1 atom stereocenters. The van der Waals surface area contributed by atoms with Crippen molar-refractivity contribution in [1.29, 1.82) is 5.26 Å². The Hall–Kier alpha value is -3.21. The maximum atomic E-state index is 13.2. The molecule has 2 aromatic rings. The van der Waals surface area contributed by atoms with Crippen LogP contribution in [0.4, 0.5) is 4.39 Å². The van der Waals surface area contributed by atoms with Crippen molar-refractivity contribution in [3.05, 3.63) is 52.6 Å². The molecule has 1 amide bonds. The molecular formula is C21H25FN4O3. The third-order valence-corrected chi connectivity index (χ3v) is 4.77. The summed E-state index contributed by atoms with van der Waals surface area (Å²) in [5.74, 6) is -1.09. The lowest BCUT2D eigenvalue weighted by molar-refractivity contribution is -0.141. The van der Waals surface area contributed by atoms with Crippen LogP contribution in [0.1, 0.15) is 47.8 Å².